The number of hydrogen-bond donors (Lipinski definition) is 2. The van der Waals surface area contributed by atoms with Gasteiger partial charge < -0.3 is 34.0 Å². The van der Waals surface area contributed by atoms with E-state index in [0.717, 1.165) is 16.5 Å². The molecule has 1 amide bonds. The second-order valence-electron chi connectivity index (χ2n) is 8.90. The van der Waals surface area contributed by atoms with Crippen LogP contribution < -0.4 is 19.5 Å². The molecule has 1 atom stereocenters. The van der Waals surface area contributed by atoms with Crippen LogP contribution in [0.25, 0.3) is 10.9 Å². The molecule has 0 fully saturated rings. The van der Waals surface area contributed by atoms with Crippen LogP contribution in [-0.2, 0) is 27.3 Å². The molecule has 3 rings (SSSR count). The first kappa shape index (κ1) is 25.7. The van der Waals surface area contributed by atoms with Crippen LogP contribution in [0.2, 0.25) is 0 Å². The average Bonchev–Trinajstić information content (AvgIpc) is 3.23. The summed E-state index contributed by atoms with van der Waals surface area (Å²) < 4.78 is 26.9. The minimum absolute atomic E-state index is 0.0727. The molecule has 0 aliphatic rings. The lowest BCUT2D eigenvalue weighted by atomic mass is 10.0. The predicted molar refractivity (Wildman–Crippen MR) is 131 cm³/mol. The number of methoxy groups -OCH3 is 3. The molecule has 0 radical (unpaired) electrons. The molecule has 9 nitrogen and oxygen atoms in total. The van der Waals surface area contributed by atoms with E-state index in [-0.39, 0.29) is 13.0 Å². The van der Waals surface area contributed by atoms with Gasteiger partial charge in [-0.3, -0.25) is 0 Å². The summed E-state index contributed by atoms with van der Waals surface area (Å²) in [6, 6.07) is 10.2. The lowest BCUT2D eigenvalue weighted by molar-refractivity contribution is -0.157. The third-order valence-electron chi connectivity index (χ3n) is 5.18. The highest BCUT2D eigenvalue weighted by Crippen LogP contribution is 2.38. The number of alkyl carbamates (subject to hydrolysis) is 1. The lowest BCUT2D eigenvalue weighted by Crippen LogP contribution is -2.45. The van der Waals surface area contributed by atoms with Crippen molar-refractivity contribution < 1.29 is 33.3 Å². The average molecular weight is 485 g/mol. The first-order chi connectivity index (χ1) is 16.6. The van der Waals surface area contributed by atoms with Gasteiger partial charge in [0.25, 0.3) is 0 Å². The van der Waals surface area contributed by atoms with Gasteiger partial charge in [-0.25, -0.2) is 9.59 Å². The highest BCUT2D eigenvalue weighted by Gasteiger charge is 2.28. The lowest BCUT2D eigenvalue weighted by Gasteiger charge is -2.24. The van der Waals surface area contributed by atoms with Crippen LogP contribution in [-0.4, -0.2) is 50.0 Å². The van der Waals surface area contributed by atoms with E-state index in [9.17, 15) is 9.59 Å². The Hall–Kier alpha value is -3.88. The van der Waals surface area contributed by atoms with Crippen LogP contribution in [0.4, 0.5) is 4.79 Å². The summed E-state index contributed by atoms with van der Waals surface area (Å²) in [5, 5.41) is 3.62. The van der Waals surface area contributed by atoms with E-state index in [1.807, 2.05) is 30.5 Å². The van der Waals surface area contributed by atoms with Gasteiger partial charge in [-0.05, 0) is 50.1 Å². The minimum atomic E-state index is -0.944. The van der Waals surface area contributed by atoms with Crippen molar-refractivity contribution in [2.45, 2.75) is 45.4 Å². The van der Waals surface area contributed by atoms with E-state index in [1.54, 1.807) is 32.9 Å². The van der Waals surface area contributed by atoms with Crippen molar-refractivity contribution in [1.82, 2.24) is 10.3 Å². The van der Waals surface area contributed by atoms with Crippen LogP contribution in [0.3, 0.4) is 0 Å². The Morgan fingerprint density at radius 3 is 2.26 bits per heavy atom. The van der Waals surface area contributed by atoms with Crippen molar-refractivity contribution in [1.29, 1.82) is 0 Å². The Bertz CT molecular complexity index is 1150. The molecular weight excluding hydrogens is 452 g/mol. The Kier molecular flexibility index (Phi) is 8.11. The van der Waals surface area contributed by atoms with Crippen LogP contribution in [0.1, 0.15) is 31.9 Å². The number of aromatic amines is 1. The number of carbonyl (C=O) groups is 2. The standard InChI is InChI=1S/C26H32N2O7/c1-26(2,3)35-24(29)20(13-17-14-27-19-10-8-7-9-18(17)19)28-25(30)34-15-16-11-21(31-4)23(33-6)22(12-16)32-5/h7-12,14,20,27H,13,15H2,1-6H3,(H,28,30). The quantitative estimate of drug-likeness (QED) is 0.434. The van der Waals surface area contributed by atoms with Crippen LogP contribution >= 0.6 is 0 Å². The van der Waals surface area contributed by atoms with Gasteiger partial charge in [0.05, 0.1) is 21.3 Å². The number of esters is 1. The molecule has 2 N–H and O–H groups in total. The van der Waals surface area contributed by atoms with Crippen molar-refractivity contribution in [3.63, 3.8) is 0 Å². The van der Waals surface area contributed by atoms with E-state index in [1.165, 1.54) is 21.3 Å². The van der Waals surface area contributed by atoms with Gasteiger partial charge in [-0.1, -0.05) is 18.2 Å². The van der Waals surface area contributed by atoms with E-state index in [4.69, 9.17) is 23.7 Å². The molecule has 0 bridgehead atoms. The fourth-order valence-corrected chi connectivity index (χ4v) is 3.64. The number of nitrogens with one attached hydrogen (secondary N) is 2. The number of rotatable bonds is 9. The summed E-state index contributed by atoms with van der Waals surface area (Å²) in [4.78, 5) is 28.8. The van der Waals surface area contributed by atoms with Gasteiger partial charge >= 0.3 is 12.1 Å². The summed E-state index contributed by atoms with van der Waals surface area (Å²) in [5.74, 6) is 0.771. The number of H-pyrrole nitrogens is 1. The molecule has 0 aliphatic heterocycles. The number of amides is 1. The van der Waals surface area contributed by atoms with Crippen molar-refractivity contribution >= 4 is 23.0 Å². The number of ether oxygens (including phenoxy) is 5. The number of benzene rings is 2. The second-order valence-corrected chi connectivity index (χ2v) is 8.90. The molecule has 188 valence electrons. The van der Waals surface area contributed by atoms with Crippen molar-refractivity contribution in [3.05, 3.63) is 53.7 Å². The Balaban J connectivity index is 1.74. The van der Waals surface area contributed by atoms with Crippen molar-refractivity contribution in [2.75, 3.05) is 21.3 Å². The molecule has 1 heterocycles. The Morgan fingerprint density at radius 2 is 1.66 bits per heavy atom. The van der Waals surface area contributed by atoms with Gasteiger partial charge in [-0.15, -0.1) is 0 Å². The smallest absolute Gasteiger partial charge is 0.408 e. The van der Waals surface area contributed by atoms with Gasteiger partial charge in [0.2, 0.25) is 5.75 Å². The topological polar surface area (TPSA) is 108 Å². The van der Waals surface area contributed by atoms with Gasteiger partial charge in [0.15, 0.2) is 11.5 Å². The van der Waals surface area contributed by atoms with Crippen LogP contribution in [0.15, 0.2) is 42.6 Å². The van der Waals surface area contributed by atoms with Crippen molar-refractivity contribution in [3.8, 4) is 17.2 Å². The number of para-hydroxylation sites is 1. The third kappa shape index (κ3) is 6.59. The molecule has 9 heteroatoms. The maximum atomic E-state index is 12.9. The molecule has 2 aromatic carbocycles. The zero-order valence-corrected chi connectivity index (χ0v) is 20.9. The number of carbonyl (C=O) groups excluding carboxylic acids is 2. The van der Waals surface area contributed by atoms with E-state index < -0.39 is 23.7 Å². The van der Waals surface area contributed by atoms with E-state index in [2.05, 4.69) is 10.3 Å². The molecule has 0 saturated carbocycles. The summed E-state index contributed by atoms with van der Waals surface area (Å²) in [6.07, 6.45) is 1.30. The van der Waals surface area contributed by atoms with Crippen LogP contribution in [0, 0.1) is 0 Å². The molecule has 3 aromatic rings. The minimum Gasteiger partial charge on any atom is -0.493 e. The fourth-order valence-electron chi connectivity index (χ4n) is 3.64. The highest BCUT2D eigenvalue weighted by atomic mass is 16.6. The fraction of sp³-hybridized carbons (Fsp3) is 0.385. The first-order valence-corrected chi connectivity index (χ1v) is 11.1. The monoisotopic (exact) mass is 484 g/mol. The Morgan fingerprint density at radius 1 is 1.00 bits per heavy atom. The SMILES string of the molecule is COc1cc(COC(=O)NC(Cc2c[nH]c3ccccc23)C(=O)OC(C)(C)C)cc(OC)c1OC. The summed E-state index contributed by atoms with van der Waals surface area (Å²) in [5.41, 5.74) is 1.73. The predicted octanol–water partition coefficient (Wildman–Crippen LogP) is 4.37. The van der Waals surface area contributed by atoms with Gasteiger partial charge in [-0.2, -0.15) is 0 Å². The highest BCUT2D eigenvalue weighted by molar-refractivity contribution is 5.86. The maximum Gasteiger partial charge on any atom is 0.408 e. The van der Waals surface area contributed by atoms with E-state index >= 15 is 0 Å². The third-order valence-corrected chi connectivity index (χ3v) is 5.18. The zero-order valence-electron chi connectivity index (χ0n) is 20.9. The number of aromatic nitrogens is 1. The Labute approximate surface area is 204 Å². The second kappa shape index (κ2) is 11.0. The summed E-state index contributed by atoms with van der Waals surface area (Å²) in [7, 11) is 4.52. The maximum absolute atomic E-state index is 12.9. The molecular formula is C26H32N2O7. The van der Waals surface area contributed by atoms with Gasteiger partial charge in [0, 0.05) is 23.5 Å². The molecule has 1 aromatic heterocycles. The van der Waals surface area contributed by atoms with E-state index in [0.29, 0.717) is 22.8 Å². The zero-order chi connectivity index (χ0) is 25.6. The summed E-state index contributed by atoms with van der Waals surface area (Å²) in [6.45, 7) is 5.25. The normalized spacial score (nSPS) is 12.1. The van der Waals surface area contributed by atoms with Gasteiger partial charge in [0.1, 0.15) is 18.2 Å². The molecule has 1 unspecified atom stereocenters. The molecule has 0 spiro atoms. The largest absolute Gasteiger partial charge is 0.493 e. The van der Waals surface area contributed by atoms with Crippen LogP contribution in [0.5, 0.6) is 17.2 Å². The number of fused-ring (bicyclic) bond motifs is 1. The first-order valence-electron chi connectivity index (χ1n) is 11.1. The number of hydrogen-bond acceptors (Lipinski definition) is 7. The van der Waals surface area contributed by atoms with Crippen molar-refractivity contribution in [2.24, 2.45) is 0 Å². The molecule has 0 aliphatic carbocycles. The molecule has 0 saturated heterocycles. The molecule has 35 heavy (non-hydrogen) atoms. The summed E-state index contributed by atoms with van der Waals surface area (Å²) >= 11 is 0.